The van der Waals surface area contributed by atoms with Crippen molar-refractivity contribution in [3.63, 3.8) is 0 Å². The number of carbonyl (C=O) groups is 2. The van der Waals surface area contributed by atoms with Gasteiger partial charge in [0.25, 0.3) is 5.91 Å². The fourth-order valence-electron chi connectivity index (χ4n) is 2.09. The highest BCUT2D eigenvalue weighted by atomic mass is 35.5. The zero-order chi connectivity index (χ0) is 16.1. The van der Waals surface area contributed by atoms with Crippen LogP contribution in [0.5, 0.6) is 0 Å². The number of ether oxygens (including phenoxy) is 1. The Morgan fingerprint density at radius 2 is 2.00 bits per heavy atom. The fraction of sp³-hybridized carbons (Fsp3) is 0.250. The van der Waals surface area contributed by atoms with Crippen LogP contribution in [0.1, 0.15) is 22.3 Å². The van der Waals surface area contributed by atoms with Crippen molar-refractivity contribution in [3.8, 4) is 0 Å². The van der Waals surface area contributed by atoms with Crippen molar-refractivity contribution < 1.29 is 18.7 Å². The first kappa shape index (κ1) is 16.1. The summed E-state index contributed by atoms with van der Waals surface area (Å²) in [5, 5.41) is 0.0293. The number of carbonyl (C=O) groups excluding carboxylic acids is 2. The molecule has 116 valence electrons. The van der Waals surface area contributed by atoms with Gasteiger partial charge in [0.2, 0.25) is 5.22 Å². The maximum absolute atomic E-state index is 12.7. The summed E-state index contributed by atoms with van der Waals surface area (Å²) in [5.74, 6) is -0.707. The third-order valence-electron chi connectivity index (χ3n) is 3.27. The van der Waals surface area contributed by atoms with Gasteiger partial charge in [-0.3, -0.25) is 9.59 Å². The molecule has 1 aromatic heterocycles. The van der Waals surface area contributed by atoms with Crippen LogP contribution in [0.3, 0.4) is 0 Å². The van der Waals surface area contributed by atoms with Crippen molar-refractivity contribution in [2.24, 2.45) is 0 Å². The number of amides is 1. The van der Waals surface area contributed by atoms with Crippen LogP contribution in [0.4, 0.5) is 5.69 Å². The Balaban J connectivity index is 2.33. The number of para-hydroxylation sites is 1. The van der Waals surface area contributed by atoms with E-state index < -0.39 is 0 Å². The van der Waals surface area contributed by atoms with Gasteiger partial charge >= 0.3 is 5.97 Å². The summed E-state index contributed by atoms with van der Waals surface area (Å²) in [7, 11) is 1.31. The minimum absolute atomic E-state index is 0.0293. The molecule has 0 N–H and O–H groups in total. The minimum Gasteiger partial charge on any atom is -0.469 e. The Kier molecular flexibility index (Phi) is 5.22. The van der Waals surface area contributed by atoms with E-state index in [2.05, 4.69) is 4.74 Å². The molecule has 0 radical (unpaired) electrons. The van der Waals surface area contributed by atoms with E-state index in [-0.39, 0.29) is 35.6 Å². The third kappa shape index (κ3) is 3.49. The second-order valence-electron chi connectivity index (χ2n) is 4.68. The number of furan rings is 1. The lowest BCUT2D eigenvalue weighted by molar-refractivity contribution is -0.140. The zero-order valence-corrected chi connectivity index (χ0v) is 13.1. The molecule has 0 unspecified atom stereocenters. The summed E-state index contributed by atoms with van der Waals surface area (Å²) in [4.78, 5) is 25.6. The molecule has 0 spiro atoms. The molecule has 0 bridgehead atoms. The number of aryl methyl sites for hydroxylation is 1. The molecule has 2 rings (SSSR count). The number of anilines is 1. The van der Waals surface area contributed by atoms with E-state index in [1.807, 2.05) is 31.2 Å². The van der Waals surface area contributed by atoms with Crippen molar-refractivity contribution in [1.29, 1.82) is 0 Å². The molecule has 0 saturated heterocycles. The topological polar surface area (TPSA) is 59.8 Å². The first-order valence-electron chi connectivity index (χ1n) is 6.72. The molecule has 1 aromatic carbocycles. The SMILES string of the molecule is COC(=O)CCN(C(=O)c1ccoc1Cl)c1ccccc1C. The zero-order valence-electron chi connectivity index (χ0n) is 12.3. The molecule has 0 fully saturated rings. The van der Waals surface area contributed by atoms with Crippen molar-refractivity contribution in [1.82, 2.24) is 0 Å². The molecule has 0 aliphatic heterocycles. The van der Waals surface area contributed by atoms with E-state index in [1.165, 1.54) is 24.3 Å². The molecule has 22 heavy (non-hydrogen) atoms. The molecule has 0 aliphatic rings. The average molecular weight is 322 g/mol. The van der Waals surface area contributed by atoms with E-state index in [9.17, 15) is 9.59 Å². The maximum atomic E-state index is 12.7. The van der Waals surface area contributed by atoms with E-state index in [1.54, 1.807) is 0 Å². The maximum Gasteiger partial charge on any atom is 0.307 e. The summed E-state index contributed by atoms with van der Waals surface area (Å²) in [6.45, 7) is 2.09. The Labute approximate surface area is 133 Å². The molecular weight excluding hydrogens is 306 g/mol. The highest BCUT2D eigenvalue weighted by Gasteiger charge is 2.23. The van der Waals surface area contributed by atoms with Gasteiger partial charge in [0.05, 0.1) is 25.4 Å². The highest BCUT2D eigenvalue weighted by molar-refractivity contribution is 6.32. The molecule has 6 heteroatoms. The predicted molar refractivity (Wildman–Crippen MR) is 83.2 cm³/mol. The van der Waals surface area contributed by atoms with Gasteiger partial charge in [-0.25, -0.2) is 0 Å². The quantitative estimate of drug-likeness (QED) is 0.791. The van der Waals surface area contributed by atoms with Crippen LogP contribution in [-0.4, -0.2) is 25.5 Å². The third-order valence-corrected chi connectivity index (χ3v) is 3.56. The van der Waals surface area contributed by atoms with Gasteiger partial charge in [0.15, 0.2) is 0 Å². The first-order chi connectivity index (χ1) is 10.5. The van der Waals surface area contributed by atoms with Gasteiger partial charge < -0.3 is 14.1 Å². The molecule has 0 aliphatic carbocycles. The predicted octanol–water partition coefficient (Wildman–Crippen LogP) is 3.45. The molecule has 1 heterocycles. The van der Waals surface area contributed by atoms with Crippen LogP contribution in [0.15, 0.2) is 41.0 Å². The Morgan fingerprint density at radius 1 is 1.27 bits per heavy atom. The number of nitrogens with zero attached hydrogens (tertiary/aromatic N) is 1. The molecular formula is C16H16ClNO4. The summed E-state index contributed by atoms with van der Waals surface area (Å²) < 4.78 is 9.61. The van der Waals surface area contributed by atoms with Crippen molar-refractivity contribution in [2.75, 3.05) is 18.6 Å². The minimum atomic E-state index is -0.385. The molecule has 0 saturated carbocycles. The van der Waals surface area contributed by atoms with E-state index in [0.29, 0.717) is 5.69 Å². The van der Waals surface area contributed by atoms with Gasteiger partial charge in [0.1, 0.15) is 0 Å². The molecule has 5 nitrogen and oxygen atoms in total. The van der Waals surface area contributed by atoms with Crippen LogP contribution in [0.2, 0.25) is 5.22 Å². The number of hydrogen-bond donors (Lipinski definition) is 0. The summed E-state index contributed by atoms with van der Waals surface area (Å²) in [5.41, 5.74) is 1.89. The van der Waals surface area contributed by atoms with Gasteiger partial charge in [0, 0.05) is 12.2 Å². The second-order valence-corrected chi connectivity index (χ2v) is 5.02. The van der Waals surface area contributed by atoms with Gasteiger partial charge in [-0.2, -0.15) is 0 Å². The smallest absolute Gasteiger partial charge is 0.307 e. The lowest BCUT2D eigenvalue weighted by Crippen LogP contribution is -2.33. The summed E-state index contributed by atoms with van der Waals surface area (Å²) in [6, 6.07) is 8.93. The summed E-state index contributed by atoms with van der Waals surface area (Å²) in [6.07, 6.45) is 1.44. The van der Waals surface area contributed by atoms with Crippen molar-refractivity contribution in [3.05, 3.63) is 52.9 Å². The van der Waals surface area contributed by atoms with Crippen molar-refractivity contribution >= 4 is 29.2 Å². The Bertz CT molecular complexity index is 680. The van der Waals surface area contributed by atoms with Crippen LogP contribution >= 0.6 is 11.6 Å². The van der Waals surface area contributed by atoms with Crippen LogP contribution in [-0.2, 0) is 9.53 Å². The van der Waals surface area contributed by atoms with Crippen LogP contribution < -0.4 is 4.90 Å². The number of methoxy groups -OCH3 is 1. The lowest BCUT2D eigenvalue weighted by atomic mass is 10.1. The number of hydrogen-bond acceptors (Lipinski definition) is 4. The van der Waals surface area contributed by atoms with Crippen LogP contribution in [0, 0.1) is 6.92 Å². The number of rotatable bonds is 5. The van der Waals surface area contributed by atoms with E-state index in [4.69, 9.17) is 16.0 Å². The Morgan fingerprint density at radius 3 is 2.59 bits per heavy atom. The van der Waals surface area contributed by atoms with Crippen molar-refractivity contribution in [2.45, 2.75) is 13.3 Å². The van der Waals surface area contributed by atoms with Crippen LogP contribution in [0.25, 0.3) is 0 Å². The second kappa shape index (κ2) is 7.13. The number of halogens is 1. The standard InChI is InChI=1S/C16H16ClNO4/c1-11-5-3-4-6-13(11)18(9-7-14(19)21-2)16(20)12-8-10-22-15(12)17/h3-6,8,10H,7,9H2,1-2H3. The number of esters is 1. The van der Waals surface area contributed by atoms with Gasteiger partial charge in [-0.05, 0) is 36.2 Å². The van der Waals surface area contributed by atoms with E-state index in [0.717, 1.165) is 5.56 Å². The monoisotopic (exact) mass is 321 g/mol. The van der Waals surface area contributed by atoms with Gasteiger partial charge in [-0.15, -0.1) is 0 Å². The van der Waals surface area contributed by atoms with Gasteiger partial charge in [-0.1, -0.05) is 18.2 Å². The van der Waals surface area contributed by atoms with E-state index >= 15 is 0 Å². The highest BCUT2D eigenvalue weighted by Crippen LogP contribution is 2.25. The normalized spacial score (nSPS) is 10.3. The average Bonchev–Trinajstić information content (AvgIpc) is 2.94. The summed E-state index contributed by atoms with van der Waals surface area (Å²) >= 11 is 5.89. The largest absolute Gasteiger partial charge is 0.469 e. The molecule has 2 aromatic rings. The lowest BCUT2D eigenvalue weighted by Gasteiger charge is -2.23. The first-order valence-corrected chi connectivity index (χ1v) is 7.09. The Hall–Kier alpha value is -2.27. The molecule has 1 amide bonds. The molecule has 0 atom stereocenters. The number of benzene rings is 1. The fourth-order valence-corrected chi connectivity index (χ4v) is 2.29.